The molecule has 1 fully saturated rings. The van der Waals surface area contributed by atoms with Crippen LogP contribution in [0.25, 0.3) is 0 Å². The van der Waals surface area contributed by atoms with Crippen molar-refractivity contribution in [2.24, 2.45) is 0 Å². The van der Waals surface area contributed by atoms with Crippen LogP contribution in [-0.4, -0.2) is 41.5 Å². The Morgan fingerprint density at radius 1 is 1.43 bits per heavy atom. The minimum Gasteiger partial charge on any atom is -0.346 e. The quantitative estimate of drug-likeness (QED) is 0.879. The normalized spacial score (nSPS) is 18.7. The van der Waals surface area contributed by atoms with E-state index >= 15 is 0 Å². The molecule has 0 spiro atoms. The highest BCUT2D eigenvalue weighted by atomic mass is 32.1. The molecule has 0 unspecified atom stereocenters. The second-order valence-electron chi connectivity index (χ2n) is 5.80. The second kappa shape index (κ2) is 7.68. The smallest absolute Gasteiger partial charge is 0.251 e. The lowest BCUT2D eigenvalue weighted by Gasteiger charge is -2.33. The first-order valence-corrected chi connectivity index (χ1v) is 8.81. The number of carbonyl (C=O) groups excluding carboxylic acids is 1. The molecule has 1 aromatic heterocycles. The summed E-state index contributed by atoms with van der Waals surface area (Å²) in [4.78, 5) is 19.1. The Morgan fingerprint density at radius 2 is 2.26 bits per heavy atom. The Balaban J connectivity index is 1.52. The van der Waals surface area contributed by atoms with Crippen molar-refractivity contribution in [2.45, 2.75) is 26.1 Å². The van der Waals surface area contributed by atoms with Crippen molar-refractivity contribution in [1.82, 2.24) is 20.5 Å². The van der Waals surface area contributed by atoms with Crippen LogP contribution in [0, 0.1) is 0 Å². The SMILES string of the molecule is C[C@@H]1CNCCN1Cc1csc(CNC(=O)c2ccccc2)n1. The molecule has 122 valence electrons. The zero-order valence-corrected chi connectivity index (χ0v) is 14.1. The number of rotatable bonds is 5. The minimum absolute atomic E-state index is 0.0573. The monoisotopic (exact) mass is 330 g/mol. The van der Waals surface area contributed by atoms with Gasteiger partial charge in [-0.1, -0.05) is 18.2 Å². The lowest BCUT2D eigenvalue weighted by molar-refractivity contribution is 0.0951. The maximum absolute atomic E-state index is 12.0. The molecule has 0 bridgehead atoms. The van der Waals surface area contributed by atoms with Crippen LogP contribution >= 0.6 is 11.3 Å². The van der Waals surface area contributed by atoms with E-state index in [0.29, 0.717) is 18.2 Å². The summed E-state index contributed by atoms with van der Waals surface area (Å²) in [6, 6.07) is 9.80. The molecule has 1 aliphatic rings. The third-order valence-electron chi connectivity index (χ3n) is 4.04. The van der Waals surface area contributed by atoms with Gasteiger partial charge in [0.2, 0.25) is 0 Å². The van der Waals surface area contributed by atoms with Crippen molar-refractivity contribution in [1.29, 1.82) is 0 Å². The third kappa shape index (κ3) is 4.37. The van der Waals surface area contributed by atoms with Gasteiger partial charge in [0.15, 0.2) is 0 Å². The molecule has 2 heterocycles. The molecule has 1 atom stereocenters. The van der Waals surface area contributed by atoms with Crippen molar-refractivity contribution >= 4 is 17.2 Å². The van der Waals surface area contributed by atoms with Crippen molar-refractivity contribution in [3.8, 4) is 0 Å². The van der Waals surface area contributed by atoms with Gasteiger partial charge in [0, 0.05) is 43.2 Å². The summed E-state index contributed by atoms with van der Waals surface area (Å²) in [6.45, 7) is 6.72. The molecule has 1 saturated heterocycles. The van der Waals surface area contributed by atoms with Crippen LogP contribution in [0.1, 0.15) is 28.0 Å². The lowest BCUT2D eigenvalue weighted by Crippen LogP contribution is -2.49. The van der Waals surface area contributed by atoms with Crippen LogP contribution in [0.3, 0.4) is 0 Å². The van der Waals surface area contributed by atoms with Crippen molar-refractivity contribution < 1.29 is 4.79 Å². The van der Waals surface area contributed by atoms with Gasteiger partial charge in [-0.3, -0.25) is 9.69 Å². The van der Waals surface area contributed by atoms with Gasteiger partial charge in [-0.25, -0.2) is 4.98 Å². The lowest BCUT2D eigenvalue weighted by atomic mass is 10.2. The summed E-state index contributed by atoms with van der Waals surface area (Å²) < 4.78 is 0. The highest BCUT2D eigenvalue weighted by Gasteiger charge is 2.18. The molecule has 3 rings (SSSR count). The van der Waals surface area contributed by atoms with Crippen molar-refractivity contribution in [3.63, 3.8) is 0 Å². The van der Waals surface area contributed by atoms with Crippen LogP contribution in [0.2, 0.25) is 0 Å². The summed E-state index contributed by atoms with van der Waals surface area (Å²) in [6.07, 6.45) is 0. The number of amides is 1. The second-order valence-corrected chi connectivity index (χ2v) is 6.75. The summed E-state index contributed by atoms with van der Waals surface area (Å²) in [5, 5.41) is 9.37. The predicted octanol–water partition coefficient (Wildman–Crippen LogP) is 1.87. The van der Waals surface area contributed by atoms with Crippen LogP contribution in [0.5, 0.6) is 0 Å². The topological polar surface area (TPSA) is 57.3 Å². The van der Waals surface area contributed by atoms with Crippen LogP contribution in [0.4, 0.5) is 0 Å². The molecular weight excluding hydrogens is 308 g/mol. The summed E-state index contributed by atoms with van der Waals surface area (Å²) >= 11 is 1.61. The number of nitrogens with zero attached hydrogens (tertiary/aromatic N) is 2. The average molecular weight is 330 g/mol. The number of thiazole rings is 1. The number of carbonyl (C=O) groups is 1. The first-order chi connectivity index (χ1) is 11.2. The Kier molecular flexibility index (Phi) is 5.38. The molecule has 23 heavy (non-hydrogen) atoms. The molecule has 0 saturated carbocycles. The standard InChI is InChI=1S/C17H22N4OS/c1-13-9-18-7-8-21(13)11-15-12-23-16(20-15)10-19-17(22)14-5-3-2-4-6-14/h2-6,12-13,18H,7-11H2,1H3,(H,19,22)/t13-/m1/s1. The zero-order chi connectivity index (χ0) is 16.1. The first-order valence-electron chi connectivity index (χ1n) is 7.93. The molecule has 1 amide bonds. The molecule has 2 N–H and O–H groups in total. The van der Waals surface area contributed by atoms with Gasteiger partial charge >= 0.3 is 0 Å². The van der Waals surface area contributed by atoms with E-state index in [1.54, 1.807) is 11.3 Å². The van der Waals surface area contributed by atoms with Crippen molar-refractivity contribution in [3.05, 3.63) is 52.0 Å². The Morgan fingerprint density at radius 3 is 3.04 bits per heavy atom. The fourth-order valence-electron chi connectivity index (χ4n) is 2.68. The van der Waals surface area contributed by atoms with Crippen LogP contribution < -0.4 is 10.6 Å². The van der Waals surface area contributed by atoms with Gasteiger partial charge in [-0.05, 0) is 19.1 Å². The number of nitrogens with one attached hydrogen (secondary N) is 2. The average Bonchev–Trinajstić information content (AvgIpc) is 3.03. The van der Waals surface area contributed by atoms with Crippen LogP contribution in [0.15, 0.2) is 35.7 Å². The molecule has 1 aromatic carbocycles. The summed E-state index contributed by atoms with van der Waals surface area (Å²) in [7, 11) is 0. The van der Waals surface area contributed by atoms with E-state index in [1.807, 2.05) is 30.3 Å². The van der Waals surface area contributed by atoms with E-state index in [2.05, 4.69) is 32.8 Å². The van der Waals surface area contributed by atoms with E-state index in [0.717, 1.165) is 36.9 Å². The number of benzene rings is 1. The van der Waals surface area contributed by atoms with Gasteiger partial charge in [-0.2, -0.15) is 0 Å². The highest BCUT2D eigenvalue weighted by Crippen LogP contribution is 2.14. The largest absolute Gasteiger partial charge is 0.346 e. The predicted molar refractivity (Wildman–Crippen MR) is 92.5 cm³/mol. The molecule has 0 aliphatic carbocycles. The highest BCUT2D eigenvalue weighted by molar-refractivity contribution is 7.09. The molecule has 2 aromatic rings. The molecule has 1 aliphatic heterocycles. The van der Waals surface area contributed by atoms with Crippen LogP contribution in [-0.2, 0) is 13.1 Å². The number of hydrogen-bond acceptors (Lipinski definition) is 5. The fraction of sp³-hybridized carbons (Fsp3) is 0.412. The number of aromatic nitrogens is 1. The Hall–Kier alpha value is -1.76. The van der Waals surface area contributed by atoms with E-state index in [9.17, 15) is 4.79 Å². The number of hydrogen-bond donors (Lipinski definition) is 2. The Bertz CT molecular complexity index is 643. The first kappa shape index (κ1) is 16.1. The number of piperazine rings is 1. The fourth-order valence-corrected chi connectivity index (χ4v) is 3.40. The van der Waals surface area contributed by atoms with Gasteiger partial charge in [-0.15, -0.1) is 11.3 Å². The van der Waals surface area contributed by atoms with E-state index in [-0.39, 0.29) is 5.91 Å². The molecular formula is C17H22N4OS. The van der Waals surface area contributed by atoms with Gasteiger partial charge in [0.25, 0.3) is 5.91 Å². The third-order valence-corrected chi connectivity index (χ3v) is 4.94. The maximum atomic E-state index is 12.0. The molecule has 6 heteroatoms. The Labute approximate surface area is 140 Å². The summed E-state index contributed by atoms with van der Waals surface area (Å²) in [5.74, 6) is -0.0573. The summed E-state index contributed by atoms with van der Waals surface area (Å²) in [5.41, 5.74) is 1.77. The molecule has 5 nitrogen and oxygen atoms in total. The van der Waals surface area contributed by atoms with Gasteiger partial charge in [0.05, 0.1) is 12.2 Å². The molecule has 0 radical (unpaired) electrons. The van der Waals surface area contributed by atoms with E-state index in [4.69, 9.17) is 0 Å². The van der Waals surface area contributed by atoms with Crippen molar-refractivity contribution in [2.75, 3.05) is 19.6 Å². The van der Waals surface area contributed by atoms with E-state index in [1.165, 1.54) is 0 Å². The van der Waals surface area contributed by atoms with Gasteiger partial charge < -0.3 is 10.6 Å². The maximum Gasteiger partial charge on any atom is 0.251 e. The zero-order valence-electron chi connectivity index (χ0n) is 13.3. The van der Waals surface area contributed by atoms with E-state index < -0.39 is 0 Å². The minimum atomic E-state index is -0.0573. The van der Waals surface area contributed by atoms with Gasteiger partial charge in [0.1, 0.15) is 5.01 Å².